The molecule has 0 aliphatic heterocycles. The molecule has 0 fully saturated rings. The van der Waals surface area contributed by atoms with Gasteiger partial charge in [0, 0.05) is 24.2 Å². The highest BCUT2D eigenvalue weighted by Gasteiger charge is 2.09. The minimum atomic E-state index is -0.242. The van der Waals surface area contributed by atoms with E-state index in [2.05, 4.69) is 41.5 Å². The first-order valence-corrected chi connectivity index (χ1v) is 7.88. The van der Waals surface area contributed by atoms with E-state index < -0.39 is 0 Å². The third-order valence-corrected chi connectivity index (χ3v) is 3.85. The van der Waals surface area contributed by atoms with Gasteiger partial charge in [-0.25, -0.2) is 0 Å². The Morgan fingerprint density at radius 2 is 1.12 bits per heavy atom. The number of nitrogens with zero attached hydrogens (tertiary/aromatic N) is 4. The van der Waals surface area contributed by atoms with Gasteiger partial charge in [-0.05, 0) is 36.4 Å². The van der Waals surface area contributed by atoms with Crippen molar-refractivity contribution in [1.29, 1.82) is 0 Å². The Kier molecular flexibility index (Phi) is 3.98. The van der Waals surface area contributed by atoms with E-state index in [-0.39, 0.29) is 11.8 Å². The lowest BCUT2D eigenvalue weighted by Gasteiger charge is -2.07. The van der Waals surface area contributed by atoms with Gasteiger partial charge < -0.3 is 10.6 Å². The third kappa shape index (κ3) is 3.07. The Hall–Kier alpha value is -3.82. The molecule has 0 atom stereocenters. The predicted octanol–water partition coefficient (Wildman–Crippen LogP) is 0.389. The van der Waals surface area contributed by atoms with E-state index in [0.717, 1.165) is 0 Å². The topological polar surface area (TPSA) is 141 Å². The van der Waals surface area contributed by atoms with E-state index in [0.29, 0.717) is 46.3 Å². The van der Waals surface area contributed by atoms with Gasteiger partial charge in [0.1, 0.15) is 22.1 Å². The van der Waals surface area contributed by atoms with Crippen LogP contribution in [0.5, 0.6) is 0 Å². The fraction of sp³-hybridized carbons (Fsp3) is 0.125. The maximum atomic E-state index is 12.1. The van der Waals surface area contributed by atoms with Crippen molar-refractivity contribution in [1.82, 2.24) is 41.5 Å². The van der Waals surface area contributed by atoms with Crippen molar-refractivity contribution >= 4 is 33.9 Å². The zero-order valence-corrected chi connectivity index (χ0v) is 13.5. The molecular formula is C16H14N8O2. The number of aromatic nitrogens is 6. The monoisotopic (exact) mass is 350 g/mol. The standard InChI is InChI=1S/C16H14N8O2/c25-15(9-1-3-11-13(7-9)21-23-19-11)17-5-6-18-16(26)10-2-4-12-14(8-10)22-24-20-12/h1-4,7-8H,5-6H2,(H,17,25)(H,18,26)(H,19,21,23)(H,20,22,24). The quantitative estimate of drug-likeness (QED) is 0.384. The van der Waals surface area contributed by atoms with E-state index in [1.54, 1.807) is 36.4 Å². The van der Waals surface area contributed by atoms with Gasteiger partial charge in [-0.3, -0.25) is 9.59 Å². The van der Waals surface area contributed by atoms with Crippen LogP contribution >= 0.6 is 0 Å². The summed E-state index contributed by atoms with van der Waals surface area (Å²) in [5.74, 6) is -0.485. The molecule has 0 saturated carbocycles. The molecule has 0 bridgehead atoms. The Labute approximate surface area is 146 Å². The van der Waals surface area contributed by atoms with Crippen LogP contribution in [-0.4, -0.2) is 55.7 Å². The van der Waals surface area contributed by atoms with Crippen LogP contribution in [0.15, 0.2) is 36.4 Å². The van der Waals surface area contributed by atoms with Gasteiger partial charge in [-0.2, -0.15) is 30.8 Å². The first kappa shape index (κ1) is 15.7. The van der Waals surface area contributed by atoms with Crippen LogP contribution in [0.1, 0.15) is 20.7 Å². The molecule has 0 aliphatic rings. The van der Waals surface area contributed by atoms with Gasteiger partial charge in [0.25, 0.3) is 11.8 Å². The molecule has 0 radical (unpaired) electrons. The molecule has 0 unspecified atom stereocenters. The number of benzene rings is 2. The summed E-state index contributed by atoms with van der Waals surface area (Å²) in [5, 5.41) is 26.3. The molecule has 4 N–H and O–H groups in total. The van der Waals surface area contributed by atoms with Gasteiger partial charge in [0.15, 0.2) is 0 Å². The molecule has 10 heteroatoms. The predicted molar refractivity (Wildman–Crippen MR) is 92.4 cm³/mol. The van der Waals surface area contributed by atoms with E-state index in [1.807, 2.05) is 0 Å². The molecule has 2 aromatic carbocycles. The second kappa shape index (κ2) is 6.59. The molecule has 4 aromatic rings. The molecule has 26 heavy (non-hydrogen) atoms. The first-order valence-electron chi connectivity index (χ1n) is 7.88. The second-order valence-electron chi connectivity index (χ2n) is 5.57. The number of hydrogen-bond donors (Lipinski definition) is 4. The van der Waals surface area contributed by atoms with Crippen molar-refractivity contribution in [3.8, 4) is 0 Å². The van der Waals surface area contributed by atoms with Crippen molar-refractivity contribution in [2.45, 2.75) is 0 Å². The first-order chi connectivity index (χ1) is 12.7. The number of rotatable bonds is 5. The molecule has 130 valence electrons. The van der Waals surface area contributed by atoms with Crippen molar-refractivity contribution in [3.05, 3.63) is 47.5 Å². The number of fused-ring (bicyclic) bond motifs is 2. The van der Waals surface area contributed by atoms with Gasteiger partial charge in [0.05, 0.1) is 0 Å². The molecule has 2 amide bonds. The molecule has 0 saturated heterocycles. The summed E-state index contributed by atoms with van der Waals surface area (Å²) < 4.78 is 0. The van der Waals surface area contributed by atoms with Gasteiger partial charge in [-0.15, -0.1) is 0 Å². The van der Waals surface area contributed by atoms with E-state index in [4.69, 9.17) is 0 Å². The smallest absolute Gasteiger partial charge is 0.251 e. The Balaban J connectivity index is 1.30. The van der Waals surface area contributed by atoms with Crippen LogP contribution < -0.4 is 10.6 Å². The molecule has 0 spiro atoms. The van der Waals surface area contributed by atoms with Crippen molar-refractivity contribution < 1.29 is 9.59 Å². The summed E-state index contributed by atoms with van der Waals surface area (Å²) >= 11 is 0. The highest BCUT2D eigenvalue weighted by molar-refractivity contribution is 5.98. The molecule has 2 aromatic heterocycles. The van der Waals surface area contributed by atoms with Crippen molar-refractivity contribution in [2.24, 2.45) is 0 Å². The lowest BCUT2D eigenvalue weighted by Crippen LogP contribution is -2.34. The largest absolute Gasteiger partial charge is 0.350 e. The van der Waals surface area contributed by atoms with E-state index >= 15 is 0 Å². The van der Waals surface area contributed by atoms with Crippen LogP contribution in [-0.2, 0) is 0 Å². The second-order valence-corrected chi connectivity index (χ2v) is 5.57. The minimum absolute atomic E-state index is 0.242. The SMILES string of the molecule is O=C(NCCNC(=O)c1ccc2n[nH]nc2c1)c1ccc2n[nH]nc2c1. The summed E-state index contributed by atoms with van der Waals surface area (Å²) in [6.45, 7) is 0.598. The van der Waals surface area contributed by atoms with Crippen LogP contribution in [0.25, 0.3) is 22.1 Å². The zero-order valence-electron chi connectivity index (χ0n) is 13.5. The van der Waals surface area contributed by atoms with E-state index in [9.17, 15) is 9.59 Å². The Morgan fingerprint density at radius 1 is 0.692 bits per heavy atom. The summed E-state index contributed by atoms with van der Waals surface area (Å²) in [4.78, 5) is 24.3. The average molecular weight is 350 g/mol. The van der Waals surface area contributed by atoms with Gasteiger partial charge in [0.2, 0.25) is 0 Å². The number of nitrogens with one attached hydrogen (secondary N) is 4. The Bertz CT molecular complexity index is 1010. The lowest BCUT2D eigenvalue weighted by molar-refractivity contribution is 0.0928. The van der Waals surface area contributed by atoms with Crippen LogP contribution in [0, 0.1) is 0 Å². The lowest BCUT2D eigenvalue weighted by atomic mass is 10.2. The number of aromatic amines is 2. The number of carbonyl (C=O) groups is 2. The molecule has 0 aliphatic carbocycles. The molecule has 2 heterocycles. The summed E-state index contributed by atoms with van der Waals surface area (Å²) in [6, 6.07) is 10.1. The third-order valence-electron chi connectivity index (χ3n) is 3.85. The van der Waals surface area contributed by atoms with Crippen molar-refractivity contribution in [2.75, 3.05) is 13.1 Å². The number of carbonyl (C=O) groups excluding carboxylic acids is 2. The zero-order chi connectivity index (χ0) is 17.9. The highest BCUT2D eigenvalue weighted by atomic mass is 16.2. The molecular weight excluding hydrogens is 336 g/mol. The van der Waals surface area contributed by atoms with Crippen molar-refractivity contribution in [3.63, 3.8) is 0 Å². The van der Waals surface area contributed by atoms with Crippen LogP contribution in [0.2, 0.25) is 0 Å². The number of amides is 2. The summed E-state index contributed by atoms with van der Waals surface area (Å²) in [7, 11) is 0. The fourth-order valence-corrected chi connectivity index (χ4v) is 2.52. The summed E-state index contributed by atoms with van der Waals surface area (Å²) in [5.41, 5.74) is 3.59. The minimum Gasteiger partial charge on any atom is -0.350 e. The number of hydrogen-bond acceptors (Lipinski definition) is 6. The number of H-pyrrole nitrogens is 2. The highest BCUT2D eigenvalue weighted by Crippen LogP contribution is 2.11. The van der Waals surface area contributed by atoms with Crippen LogP contribution in [0.3, 0.4) is 0 Å². The molecule has 10 nitrogen and oxygen atoms in total. The van der Waals surface area contributed by atoms with Gasteiger partial charge in [-0.1, -0.05) is 0 Å². The van der Waals surface area contributed by atoms with E-state index in [1.165, 1.54) is 0 Å². The fourth-order valence-electron chi connectivity index (χ4n) is 2.52. The van der Waals surface area contributed by atoms with Crippen LogP contribution in [0.4, 0.5) is 0 Å². The maximum absolute atomic E-state index is 12.1. The summed E-state index contributed by atoms with van der Waals surface area (Å²) in [6.07, 6.45) is 0. The maximum Gasteiger partial charge on any atom is 0.251 e. The van der Waals surface area contributed by atoms with Gasteiger partial charge >= 0.3 is 0 Å². The Morgan fingerprint density at radius 3 is 1.58 bits per heavy atom. The molecule has 4 rings (SSSR count). The normalized spacial score (nSPS) is 10.9. The average Bonchev–Trinajstić information content (AvgIpc) is 3.32.